The van der Waals surface area contributed by atoms with Gasteiger partial charge in [0.05, 0.1) is 4.92 Å². The summed E-state index contributed by atoms with van der Waals surface area (Å²) in [5.74, 6) is 0. The van der Waals surface area contributed by atoms with Gasteiger partial charge in [-0.1, -0.05) is 12.1 Å². The van der Waals surface area contributed by atoms with Gasteiger partial charge in [0, 0.05) is 31.8 Å². The predicted octanol–water partition coefficient (Wildman–Crippen LogP) is 2.71. The highest BCUT2D eigenvalue weighted by Crippen LogP contribution is 2.12. The molecule has 0 aliphatic carbocycles. The van der Waals surface area contributed by atoms with Gasteiger partial charge in [-0.05, 0) is 24.8 Å². The molecule has 0 atom stereocenters. The van der Waals surface area contributed by atoms with Gasteiger partial charge in [-0.25, -0.2) is 4.79 Å². The second-order valence-corrected chi connectivity index (χ2v) is 4.63. The Morgan fingerprint density at radius 2 is 1.80 bits per heavy atom. The number of rotatable bonds is 3. The van der Waals surface area contributed by atoms with Crippen LogP contribution in [-0.4, -0.2) is 28.9 Å². The van der Waals surface area contributed by atoms with Crippen LogP contribution in [-0.2, 0) is 6.54 Å². The Kier molecular flexibility index (Phi) is 6.24. The number of nitrogens with zero attached hydrogens (tertiary/aromatic N) is 2. The number of nitro groups is 1. The number of piperidine rings is 1. The maximum Gasteiger partial charge on any atom is 0.317 e. The zero-order valence-electron chi connectivity index (χ0n) is 11.1. The third-order valence-electron chi connectivity index (χ3n) is 3.23. The van der Waals surface area contributed by atoms with Gasteiger partial charge in [0.2, 0.25) is 0 Å². The Labute approximate surface area is 123 Å². The maximum absolute atomic E-state index is 11.9. The Bertz CT molecular complexity index is 458. The quantitative estimate of drug-likeness (QED) is 0.688. The zero-order chi connectivity index (χ0) is 13.7. The second-order valence-electron chi connectivity index (χ2n) is 4.63. The molecule has 1 fully saturated rings. The Morgan fingerprint density at radius 3 is 2.35 bits per heavy atom. The zero-order valence-corrected chi connectivity index (χ0v) is 11.9. The van der Waals surface area contributed by atoms with E-state index in [0.29, 0.717) is 6.54 Å². The first kappa shape index (κ1) is 16.2. The van der Waals surface area contributed by atoms with E-state index < -0.39 is 4.92 Å². The molecule has 1 heterocycles. The smallest absolute Gasteiger partial charge is 0.317 e. The highest BCUT2D eigenvalue weighted by atomic mass is 35.5. The Balaban J connectivity index is 0.00000200. The van der Waals surface area contributed by atoms with Crippen LogP contribution in [0, 0.1) is 10.1 Å². The number of likely N-dealkylation sites (tertiary alicyclic amines) is 1. The fourth-order valence-corrected chi connectivity index (χ4v) is 2.12. The highest BCUT2D eigenvalue weighted by molar-refractivity contribution is 5.85. The van der Waals surface area contributed by atoms with Crippen molar-refractivity contribution in [2.75, 3.05) is 13.1 Å². The number of benzene rings is 1. The molecule has 0 radical (unpaired) electrons. The summed E-state index contributed by atoms with van der Waals surface area (Å²) in [6, 6.07) is 6.16. The van der Waals surface area contributed by atoms with E-state index in [2.05, 4.69) is 5.32 Å². The minimum Gasteiger partial charge on any atom is -0.334 e. The monoisotopic (exact) mass is 299 g/mol. The van der Waals surface area contributed by atoms with Crippen molar-refractivity contribution in [3.8, 4) is 0 Å². The second kappa shape index (κ2) is 7.69. The molecule has 0 unspecified atom stereocenters. The van der Waals surface area contributed by atoms with Gasteiger partial charge in [-0.2, -0.15) is 0 Å². The van der Waals surface area contributed by atoms with E-state index in [-0.39, 0.29) is 24.1 Å². The summed E-state index contributed by atoms with van der Waals surface area (Å²) in [4.78, 5) is 23.7. The van der Waals surface area contributed by atoms with Crippen LogP contribution in [0.4, 0.5) is 10.5 Å². The molecule has 0 aromatic heterocycles. The van der Waals surface area contributed by atoms with E-state index in [1.807, 2.05) is 4.90 Å². The van der Waals surface area contributed by atoms with Crippen molar-refractivity contribution in [3.63, 3.8) is 0 Å². The number of amides is 2. The largest absolute Gasteiger partial charge is 0.334 e. The average Bonchev–Trinajstić information content (AvgIpc) is 2.46. The minimum absolute atomic E-state index is 0. The van der Waals surface area contributed by atoms with Gasteiger partial charge in [-0.3, -0.25) is 10.1 Å². The van der Waals surface area contributed by atoms with E-state index in [0.717, 1.165) is 31.5 Å². The average molecular weight is 300 g/mol. The molecule has 1 N–H and O–H groups in total. The molecule has 1 aliphatic rings. The van der Waals surface area contributed by atoms with Crippen molar-refractivity contribution in [2.45, 2.75) is 25.8 Å². The summed E-state index contributed by atoms with van der Waals surface area (Å²) < 4.78 is 0. The molecule has 20 heavy (non-hydrogen) atoms. The number of nitrogens with one attached hydrogen (secondary N) is 1. The van der Waals surface area contributed by atoms with Crippen molar-refractivity contribution in [1.29, 1.82) is 0 Å². The van der Waals surface area contributed by atoms with Gasteiger partial charge in [0.25, 0.3) is 5.69 Å². The third kappa shape index (κ3) is 4.38. The molecule has 0 saturated carbocycles. The van der Waals surface area contributed by atoms with Crippen LogP contribution in [0.25, 0.3) is 0 Å². The number of hydrogen-bond acceptors (Lipinski definition) is 3. The van der Waals surface area contributed by atoms with Crippen molar-refractivity contribution >= 4 is 24.1 Å². The number of halogens is 1. The summed E-state index contributed by atoms with van der Waals surface area (Å²) in [5, 5.41) is 13.3. The van der Waals surface area contributed by atoms with Crippen molar-refractivity contribution in [2.24, 2.45) is 0 Å². The van der Waals surface area contributed by atoms with E-state index >= 15 is 0 Å². The SMILES string of the molecule is Cl.O=C(NCc1ccc([N+](=O)[O-])cc1)N1CCCCC1. The summed E-state index contributed by atoms with van der Waals surface area (Å²) in [5.41, 5.74) is 0.919. The Morgan fingerprint density at radius 1 is 1.20 bits per heavy atom. The van der Waals surface area contributed by atoms with Crippen molar-refractivity contribution < 1.29 is 9.72 Å². The fraction of sp³-hybridized carbons (Fsp3) is 0.462. The normalized spacial score (nSPS) is 14.3. The van der Waals surface area contributed by atoms with Gasteiger partial charge in [-0.15, -0.1) is 12.4 Å². The number of hydrogen-bond donors (Lipinski definition) is 1. The molecule has 0 spiro atoms. The van der Waals surface area contributed by atoms with Gasteiger partial charge in [0.15, 0.2) is 0 Å². The first-order valence-corrected chi connectivity index (χ1v) is 6.43. The Hall–Kier alpha value is -1.82. The van der Waals surface area contributed by atoms with E-state index in [1.165, 1.54) is 18.6 Å². The highest BCUT2D eigenvalue weighted by Gasteiger charge is 2.15. The summed E-state index contributed by atoms with van der Waals surface area (Å²) in [6.45, 7) is 2.02. The number of urea groups is 1. The molecular weight excluding hydrogens is 282 g/mol. The van der Waals surface area contributed by atoms with Gasteiger partial charge >= 0.3 is 6.03 Å². The van der Waals surface area contributed by atoms with Crippen molar-refractivity contribution in [1.82, 2.24) is 10.2 Å². The van der Waals surface area contributed by atoms with Crippen LogP contribution < -0.4 is 5.32 Å². The number of nitro benzene ring substituents is 1. The van der Waals surface area contributed by atoms with Crippen LogP contribution in [0.1, 0.15) is 24.8 Å². The lowest BCUT2D eigenvalue weighted by Crippen LogP contribution is -2.42. The van der Waals surface area contributed by atoms with Crippen LogP contribution in [0.3, 0.4) is 0 Å². The first-order valence-electron chi connectivity index (χ1n) is 6.43. The lowest BCUT2D eigenvalue weighted by molar-refractivity contribution is -0.384. The van der Waals surface area contributed by atoms with E-state index in [1.54, 1.807) is 12.1 Å². The lowest BCUT2D eigenvalue weighted by Gasteiger charge is -2.26. The summed E-state index contributed by atoms with van der Waals surface area (Å²) in [7, 11) is 0. The molecule has 1 saturated heterocycles. The predicted molar refractivity (Wildman–Crippen MR) is 78.0 cm³/mol. The maximum atomic E-state index is 11.9. The third-order valence-corrected chi connectivity index (χ3v) is 3.23. The van der Waals surface area contributed by atoms with E-state index in [4.69, 9.17) is 0 Å². The number of carbonyl (C=O) groups is 1. The molecule has 2 rings (SSSR count). The summed E-state index contributed by atoms with van der Waals surface area (Å²) >= 11 is 0. The number of non-ortho nitro benzene ring substituents is 1. The molecule has 1 aliphatic heterocycles. The molecule has 6 nitrogen and oxygen atoms in total. The fourth-order valence-electron chi connectivity index (χ4n) is 2.12. The molecule has 1 aromatic carbocycles. The first-order chi connectivity index (χ1) is 9.16. The molecular formula is C13H18ClN3O3. The topological polar surface area (TPSA) is 75.5 Å². The van der Waals surface area contributed by atoms with Crippen LogP contribution in [0.5, 0.6) is 0 Å². The van der Waals surface area contributed by atoms with E-state index in [9.17, 15) is 14.9 Å². The molecule has 7 heteroatoms. The van der Waals surface area contributed by atoms with Crippen LogP contribution in [0.15, 0.2) is 24.3 Å². The van der Waals surface area contributed by atoms with Gasteiger partial charge in [0.1, 0.15) is 0 Å². The lowest BCUT2D eigenvalue weighted by atomic mass is 10.1. The molecule has 110 valence electrons. The van der Waals surface area contributed by atoms with Crippen LogP contribution >= 0.6 is 12.4 Å². The standard InChI is InChI=1S/C13H17N3O3.ClH/c17-13(15-8-2-1-3-9-15)14-10-11-4-6-12(7-5-11)16(18)19;/h4-7H,1-3,8-10H2,(H,14,17);1H. The molecule has 1 aromatic rings. The molecule has 2 amide bonds. The molecule has 0 bridgehead atoms. The van der Waals surface area contributed by atoms with Crippen molar-refractivity contribution in [3.05, 3.63) is 39.9 Å². The van der Waals surface area contributed by atoms with Crippen LogP contribution in [0.2, 0.25) is 0 Å². The minimum atomic E-state index is -0.434. The van der Waals surface area contributed by atoms with Gasteiger partial charge < -0.3 is 10.2 Å². The number of carbonyl (C=O) groups excluding carboxylic acids is 1. The summed E-state index contributed by atoms with van der Waals surface area (Å²) in [6.07, 6.45) is 3.31.